The van der Waals surface area contributed by atoms with E-state index in [4.69, 9.17) is 9.47 Å². The van der Waals surface area contributed by atoms with E-state index in [1.807, 2.05) is 12.1 Å². The van der Waals surface area contributed by atoms with Crippen LogP contribution in [-0.4, -0.2) is 55.4 Å². The van der Waals surface area contributed by atoms with Crippen LogP contribution in [0, 0.1) is 0 Å². The second-order valence-corrected chi connectivity index (χ2v) is 7.91. The highest BCUT2D eigenvalue weighted by Gasteiger charge is 2.43. The summed E-state index contributed by atoms with van der Waals surface area (Å²) in [5.74, 6) is 0. The van der Waals surface area contributed by atoms with Gasteiger partial charge in [-0.25, -0.2) is 8.42 Å². The van der Waals surface area contributed by atoms with Crippen LogP contribution in [0.25, 0.3) is 0 Å². The molecule has 0 amide bonds. The maximum atomic E-state index is 11.7. The fourth-order valence-electron chi connectivity index (χ4n) is 3.28. The number of aromatic nitrogens is 1. The maximum absolute atomic E-state index is 11.7. The van der Waals surface area contributed by atoms with Gasteiger partial charge in [-0.05, 0) is 37.0 Å². The number of hydrogen-bond donors (Lipinski definition) is 0. The van der Waals surface area contributed by atoms with Crippen molar-refractivity contribution in [2.75, 3.05) is 19.4 Å². The first kappa shape index (κ1) is 15.9. The normalized spacial score (nSPS) is 29.4. The van der Waals surface area contributed by atoms with Gasteiger partial charge in [-0.1, -0.05) is 0 Å². The molecule has 0 aromatic carbocycles. The average molecular weight is 326 g/mol. The van der Waals surface area contributed by atoms with Crippen molar-refractivity contribution in [2.45, 2.75) is 44.1 Å². The van der Waals surface area contributed by atoms with Gasteiger partial charge in [0.25, 0.3) is 0 Å². The van der Waals surface area contributed by atoms with E-state index in [0.717, 1.165) is 24.8 Å². The predicted molar refractivity (Wildman–Crippen MR) is 81.7 cm³/mol. The number of hydrogen-bond acceptors (Lipinski definition) is 5. The maximum Gasteiger partial charge on any atom is 0.211 e. The van der Waals surface area contributed by atoms with Crippen LogP contribution in [0.15, 0.2) is 24.5 Å². The first-order valence-corrected chi connectivity index (χ1v) is 9.48. The third-order valence-corrected chi connectivity index (χ3v) is 5.64. The Hall–Kier alpha value is -1.02. The summed E-state index contributed by atoms with van der Waals surface area (Å²) >= 11 is 0. The van der Waals surface area contributed by atoms with Crippen LogP contribution >= 0.6 is 0 Å². The molecular formula is C15H22N2O4S. The lowest BCUT2D eigenvalue weighted by molar-refractivity contribution is -0.0961. The van der Waals surface area contributed by atoms with E-state index >= 15 is 0 Å². The summed E-state index contributed by atoms with van der Waals surface area (Å²) in [4.78, 5) is 3.97. The van der Waals surface area contributed by atoms with E-state index < -0.39 is 10.0 Å². The van der Waals surface area contributed by atoms with Gasteiger partial charge in [0.1, 0.15) is 0 Å². The second-order valence-electron chi connectivity index (χ2n) is 5.97. The fraction of sp³-hybridized carbons (Fsp3) is 0.667. The minimum Gasteiger partial charge on any atom is -0.374 e. The van der Waals surface area contributed by atoms with Crippen molar-refractivity contribution in [1.82, 2.24) is 9.29 Å². The van der Waals surface area contributed by atoms with Gasteiger partial charge in [0.15, 0.2) is 0 Å². The summed E-state index contributed by atoms with van der Waals surface area (Å²) in [7, 11) is -3.13. The Morgan fingerprint density at radius 3 is 2.82 bits per heavy atom. The van der Waals surface area contributed by atoms with Gasteiger partial charge in [0.2, 0.25) is 10.0 Å². The molecule has 0 bridgehead atoms. The van der Waals surface area contributed by atoms with Crippen molar-refractivity contribution in [3.8, 4) is 0 Å². The number of rotatable bonds is 5. The van der Waals surface area contributed by atoms with Crippen LogP contribution in [0.2, 0.25) is 0 Å². The fourth-order valence-corrected chi connectivity index (χ4v) is 4.45. The number of nitrogens with zero attached hydrogens (tertiary/aromatic N) is 2. The van der Waals surface area contributed by atoms with Crippen LogP contribution in [0.1, 0.15) is 24.8 Å². The quantitative estimate of drug-likeness (QED) is 0.813. The highest BCUT2D eigenvalue weighted by molar-refractivity contribution is 7.88. The molecule has 0 unspecified atom stereocenters. The van der Waals surface area contributed by atoms with Gasteiger partial charge in [-0.15, -0.1) is 0 Å². The summed E-state index contributed by atoms with van der Waals surface area (Å²) < 4.78 is 36.8. The molecule has 7 heteroatoms. The van der Waals surface area contributed by atoms with Crippen LogP contribution in [0.5, 0.6) is 0 Å². The van der Waals surface area contributed by atoms with Crippen molar-refractivity contribution in [2.24, 2.45) is 0 Å². The van der Waals surface area contributed by atoms with E-state index in [2.05, 4.69) is 4.98 Å². The smallest absolute Gasteiger partial charge is 0.211 e. The minimum absolute atomic E-state index is 0.00597. The molecule has 3 atom stereocenters. The lowest BCUT2D eigenvalue weighted by Gasteiger charge is -2.35. The standard InChI is InChI=1S/C15H22N2O4S/c1-22(18,19)17-9-6-15-14(17)3-2-13(21-15)11-20-10-12-4-7-16-8-5-12/h4-5,7-8,13-15H,2-3,6,9-11H2,1H3/t13-,14-,15-/m0/s1. The molecule has 6 nitrogen and oxygen atoms in total. The molecule has 0 spiro atoms. The average Bonchev–Trinajstić information content (AvgIpc) is 2.91. The molecule has 2 aliphatic rings. The molecule has 122 valence electrons. The van der Waals surface area contributed by atoms with Gasteiger partial charge >= 0.3 is 0 Å². The Morgan fingerprint density at radius 1 is 1.32 bits per heavy atom. The van der Waals surface area contributed by atoms with Crippen molar-refractivity contribution in [1.29, 1.82) is 0 Å². The van der Waals surface area contributed by atoms with Crippen LogP contribution in [0.4, 0.5) is 0 Å². The molecule has 3 rings (SSSR count). The van der Waals surface area contributed by atoms with E-state index in [-0.39, 0.29) is 18.2 Å². The Bertz CT molecular complexity index is 593. The number of fused-ring (bicyclic) bond motifs is 1. The molecule has 0 aliphatic carbocycles. The van der Waals surface area contributed by atoms with E-state index in [9.17, 15) is 8.42 Å². The number of ether oxygens (including phenoxy) is 2. The zero-order chi connectivity index (χ0) is 15.6. The molecule has 1 aromatic rings. The summed E-state index contributed by atoms with van der Waals surface area (Å²) in [6, 6.07) is 3.86. The summed E-state index contributed by atoms with van der Waals surface area (Å²) in [5, 5.41) is 0. The molecule has 2 aliphatic heterocycles. The van der Waals surface area contributed by atoms with Crippen LogP contribution in [-0.2, 0) is 26.1 Å². The van der Waals surface area contributed by atoms with Gasteiger partial charge in [-0.2, -0.15) is 4.31 Å². The Labute approximate surface area is 131 Å². The van der Waals surface area contributed by atoms with Crippen molar-refractivity contribution >= 4 is 10.0 Å². The SMILES string of the molecule is CS(=O)(=O)N1CC[C@@H]2O[C@H](COCc3ccncc3)CC[C@@H]21. The molecule has 2 saturated heterocycles. The topological polar surface area (TPSA) is 68.7 Å². The number of pyridine rings is 1. The molecule has 0 N–H and O–H groups in total. The zero-order valence-corrected chi connectivity index (χ0v) is 13.5. The Morgan fingerprint density at radius 2 is 2.09 bits per heavy atom. The van der Waals surface area contributed by atoms with Gasteiger partial charge < -0.3 is 9.47 Å². The molecule has 0 radical (unpaired) electrons. The molecule has 3 heterocycles. The first-order valence-electron chi connectivity index (χ1n) is 7.63. The highest BCUT2D eigenvalue weighted by atomic mass is 32.2. The van der Waals surface area contributed by atoms with Gasteiger partial charge in [0, 0.05) is 18.9 Å². The molecule has 2 fully saturated rings. The highest BCUT2D eigenvalue weighted by Crippen LogP contribution is 2.33. The minimum atomic E-state index is -3.13. The first-order chi connectivity index (χ1) is 10.5. The predicted octanol–water partition coefficient (Wildman–Crippen LogP) is 1.18. The third-order valence-electron chi connectivity index (χ3n) is 4.33. The molecular weight excluding hydrogens is 304 g/mol. The van der Waals surface area contributed by atoms with Crippen molar-refractivity contribution in [3.63, 3.8) is 0 Å². The summed E-state index contributed by atoms with van der Waals surface area (Å²) in [6.07, 6.45) is 7.31. The van der Waals surface area contributed by atoms with Gasteiger partial charge in [0.05, 0.1) is 37.7 Å². The molecule has 0 saturated carbocycles. The molecule has 22 heavy (non-hydrogen) atoms. The summed E-state index contributed by atoms with van der Waals surface area (Å²) in [6.45, 7) is 1.66. The van der Waals surface area contributed by atoms with Crippen molar-refractivity contribution in [3.05, 3.63) is 30.1 Å². The van der Waals surface area contributed by atoms with E-state index in [1.165, 1.54) is 6.26 Å². The van der Waals surface area contributed by atoms with E-state index in [1.54, 1.807) is 16.7 Å². The van der Waals surface area contributed by atoms with Gasteiger partial charge in [-0.3, -0.25) is 4.98 Å². The van der Waals surface area contributed by atoms with E-state index in [0.29, 0.717) is 19.8 Å². The van der Waals surface area contributed by atoms with Crippen molar-refractivity contribution < 1.29 is 17.9 Å². The largest absolute Gasteiger partial charge is 0.374 e. The van der Waals surface area contributed by atoms with Crippen LogP contribution in [0.3, 0.4) is 0 Å². The summed E-state index contributed by atoms with van der Waals surface area (Å²) in [5.41, 5.74) is 1.09. The zero-order valence-electron chi connectivity index (χ0n) is 12.7. The third kappa shape index (κ3) is 3.65. The molecule has 1 aromatic heterocycles. The Balaban J connectivity index is 1.47. The monoisotopic (exact) mass is 326 g/mol. The van der Waals surface area contributed by atoms with Crippen LogP contribution < -0.4 is 0 Å². The Kier molecular flexibility index (Phi) is 4.77. The second kappa shape index (κ2) is 6.62. The number of sulfonamides is 1. The lowest BCUT2D eigenvalue weighted by atomic mass is 10.0. The lowest BCUT2D eigenvalue weighted by Crippen LogP contribution is -2.45.